The third-order valence-electron chi connectivity index (χ3n) is 9.12. The molecule has 2 heterocycles. The van der Waals surface area contributed by atoms with Crippen LogP contribution in [0.25, 0.3) is 0 Å². The first-order chi connectivity index (χ1) is 19.4. The standard InChI is InChI=1S/C31H44N6O4/c1-19-8-11-22(14-20(19)2)33-29(41)31(12-6-7-13-31)18-32-27(39)25-15-23(38)16-36(25)28(40)26(30(3,4)5)37-17-24(34-35-37)21-9-10-21/h8,11,14,17,21,23,25-26,38H,6-7,9-10,12-13,15-16,18H2,1-5H3,(H,32,39)(H,33,41)/t23?,25?,26-/m1/s1. The van der Waals surface area contributed by atoms with Crippen molar-refractivity contribution < 1.29 is 19.5 Å². The number of aliphatic hydroxyl groups is 1. The average Bonchev–Trinajstić information content (AvgIpc) is 3.27. The number of hydrogen-bond donors (Lipinski definition) is 3. The van der Waals surface area contributed by atoms with Crippen LogP contribution in [0.5, 0.6) is 0 Å². The van der Waals surface area contributed by atoms with E-state index in [0.717, 1.165) is 48.2 Å². The molecule has 0 bridgehead atoms. The zero-order chi connectivity index (χ0) is 29.5. The summed E-state index contributed by atoms with van der Waals surface area (Å²) in [5.41, 5.74) is 2.68. The Morgan fingerprint density at radius 1 is 1.12 bits per heavy atom. The van der Waals surface area contributed by atoms with Crippen LogP contribution >= 0.6 is 0 Å². The second kappa shape index (κ2) is 11.2. The van der Waals surface area contributed by atoms with Crippen LogP contribution in [0.1, 0.15) is 94.5 Å². The second-order valence-electron chi connectivity index (χ2n) is 13.5. The van der Waals surface area contributed by atoms with Crippen molar-refractivity contribution >= 4 is 23.4 Å². The van der Waals surface area contributed by atoms with Crippen molar-refractivity contribution in [2.75, 3.05) is 18.4 Å². The van der Waals surface area contributed by atoms with Crippen LogP contribution in [0.15, 0.2) is 24.4 Å². The fourth-order valence-corrected chi connectivity index (χ4v) is 6.32. The van der Waals surface area contributed by atoms with Gasteiger partial charge in [0.2, 0.25) is 17.7 Å². The molecule has 5 rings (SSSR count). The molecule has 2 aromatic rings. The maximum atomic E-state index is 14.0. The highest BCUT2D eigenvalue weighted by atomic mass is 16.3. The lowest BCUT2D eigenvalue weighted by Gasteiger charge is -2.35. The summed E-state index contributed by atoms with van der Waals surface area (Å²) in [5.74, 6) is -0.292. The van der Waals surface area contributed by atoms with Gasteiger partial charge < -0.3 is 20.6 Å². The van der Waals surface area contributed by atoms with E-state index in [4.69, 9.17) is 0 Å². The van der Waals surface area contributed by atoms with Gasteiger partial charge in [-0.15, -0.1) is 5.10 Å². The summed E-state index contributed by atoms with van der Waals surface area (Å²) in [6.45, 7) is 10.2. The fraction of sp³-hybridized carbons (Fsp3) is 0.645. The van der Waals surface area contributed by atoms with Crippen molar-refractivity contribution in [3.05, 3.63) is 41.2 Å². The molecule has 10 heteroatoms. The molecule has 3 N–H and O–H groups in total. The smallest absolute Gasteiger partial charge is 0.248 e. The molecule has 222 valence electrons. The zero-order valence-corrected chi connectivity index (χ0v) is 24.9. The van der Waals surface area contributed by atoms with Gasteiger partial charge in [-0.05, 0) is 68.2 Å². The SMILES string of the molecule is Cc1ccc(NC(=O)C2(CNC(=O)C3CC(O)CN3C(=O)[C@@H](n3cc(C4CC4)nn3)C(C)(C)C)CCCC2)cc1C. The molecular formula is C31H44N6O4. The number of nitrogens with zero attached hydrogens (tertiary/aromatic N) is 4. The van der Waals surface area contributed by atoms with Crippen molar-refractivity contribution in [2.24, 2.45) is 10.8 Å². The van der Waals surface area contributed by atoms with Crippen LogP contribution in [-0.2, 0) is 14.4 Å². The molecule has 3 atom stereocenters. The highest BCUT2D eigenvalue weighted by Crippen LogP contribution is 2.41. The molecular weight excluding hydrogens is 520 g/mol. The van der Waals surface area contributed by atoms with Crippen molar-refractivity contribution in [1.29, 1.82) is 0 Å². The number of aryl methyl sites for hydroxylation is 2. The monoisotopic (exact) mass is 564 g/mol. The van der Waals surface area contributed by atoms with Gasteiger partial charge in [-0.2, -0.15) is 0 Å². The molecule has 2 saturated carbocycles. The molecule has 1 aromatic carbocycles. The minimum absolute atomic E-state index is 0.0755. The predicted octanol–water partition coefficient (Wildman–Crippen LogP) is 3.64. The molecule has 10 nitrogen and oxygen atoms in total. The molecule has 1 saturated heterocycles. The number of likely N-dealkylation sites (tertiary alicyclic amines) is 1. The second-order valence-corrected chi connectivity index (χ2v) is 13.5. The van der Waals surface area contributed by atoms with E-state index in [1.807, 2.05) is 59.0 Å². The number of hydrogen-bond acceptors (Lipinski definition) is 6. The summed E-state index contributed by atoms with van der Waals surface area (Å²) in [6.07, 6.45) is 6.56. The molecule has 3 fully saturated rings. The third-order valence-corrected chi connectivity index (χ3v) is 9.12. The van der Waals surface area contributed by atoms with Gasteiger partial charge in [0.1, 0.15) is 12.1 Å². The summed E-state index contributed by atoms with van der Waals surface area (Å²) in [7, 11) is 0. The Bertz CT molecular complexity index is 1300. The predicted molar refractivity (Wildman–Crippen MR) is 155 cm³/mol. The maximum Gasteiger partial charge on any atom is 0.248 e. The normalized spacial score (nSPS) is 22.9. The van der Waals surface area contributed by atoms with E-state index >= 15 is 0 Å². The number of β-amino-alcohol motifs (C(OH)–C–C–N with tert-alkyl or cyclic N) is 1. The first-order valence-electron chi connectivity index (χ1n) is 14.9. The van der Waals surface area contributed by atoms with Crippen LogP contribution in [-0.4, -0.2) is 68.0 Å². The Hall–Kier alpha value is -3.27. The van der Waals surface area contributed by atoms with Crippen LogP contribution in [0.3, 0.4) is 0 Å². The largest absolute Gasteiger partial charge is 0.391 e. The fourth-order valence-electron chi connectivity index (χ4n) is 6.32. The van der Waals surface area contributed by atoms with Gasteiger partial charge in [-0.3, -0.25) is 14.4 Å². The van der Waals surface area contributed by atoms with E-state index in [1.165, 1.54) is 4.90 Å². The Morgan fingerprint density at radius 3 is 2.46 bits per heavy atom. The number of carbonyl (C=O) groups excluding carboxylic acids is 3. The van der Waals surface area contributed by atoms with Crippen molar-refractivity contribution in [3.63, 3.8) is 0 Å². The minimum atomic E-state index is -0.824. The molecule has 2 unspecified atom stereocenters. The summed E-state index contributed by atoms with van der Waals surface area (Å²) < 4.78 is 1.63. The van der Waals surface area contributed by atoms with E-state index in [1.54, 1.807) is 4.68 Å². The summed E-state index contributed by atoms with van der Waals surface area (Å²) in [6, 6.07) is 4.36. The molecule has 0 spiro atoms. The Morgan fingerprint density at radius 2 is 1.83 bits per heavy atom. The zero-order valence-electron chi connectivity index (χ0n) is 24.9. The first kappa shape index (κ1) is 29.2. The van der Waals surface area contributed by atoms with E-state index in [9.17, 15) is 19.5 Å². The third kappa shape index (κ3) is 6.17. The maximum absolute atomic E-state index is 14.0. The number of carbonyl (C=O) groups is 3. The van der Waals surface area contributed by atoms with E-state index in [-0.39, 0.29) is 37.2 Å². The molecule has 1 aliphatic heterocycles. The highest BCUT2D eigenvalue weighted by molar-refractivity contribution is 5.96. The minimum Gasteiger partial charge on any atom is -0.391 e. The van der Waals surface area contributed by atoms with Gasteiger partial charge in [-0.25, -0.2) is 4.68 Å². The van der Waals surface area contributed by atoms with Crippen molar-refractivity contribution in [2.45, 2.75) is 104 Å². The van der Waals surface area contributed by atoms with Crippen LogP contribution < -0.4 is 10.6 Å². The number of amides is 3. The van der Waals surface area contributed by atoms with Gasteiger partial charge in [0.15, 0.2) is 0 Å². The number of aromatic nitrogens is 3. The van der Waals surface area contributed by atoms with Crippen LogP contribution in [0.2, 0.25) is 0 Å². The number of aliphatic hydroxyl groups excluding tert-OH is 1. The summed E-state index contributed by atoms with van der Waals surface area (Å²) in [4.78, 5) is 42.6. The van der Waals surface area contributed by atoms with Gasteiger partial charge >= 0.3 is 0 Å². The molecule has 3 aliphatic rings. The van der Waals surface area contributed by atoms with Crippen LogP contribution in [0.4, 0.5) is 5.69 Å². The first-order valence-corrected chi connectivity index (χ1v) is 14.9. The topological polar surface area (TPSA) is 129 Å². The summed E-state index contributed by atoms with van der Waals surface area (Å²) >= 11 is 0. The highest BCUT2D eigenvalue weighted by Gasteiger charge is 2.47. The molecule has 1 aromatic heterocycles. The average molecular weight is 565 g/mol. The quantitative estimate of drug-likeness (QED) is 0.449. The van der Waals surface area contributed by atoms with Gasteiger partial charge in [0, 0.05) is 37.3 Å². The van der Waals surface area contributed by atoms with Crippen molar-refractivity contribution in [1.82, 2.24) is 25.2 Å². The van der Waals surface area contributed by atoms with E-state index in [0.29, 0.717) is 18.8 Å². The molecule has 2 aliphatic carbocycles. The lowest BCUT2D eigenvalue weighted by Crippen LogP contribution is -2.52. The van der Waals surface area contributed by atoms with Crippen LogP contribution in [0, 0.1) is 24.7 Å². The number of anilines is 1. The van der Waals surface area contributed by atoms with Gasteiger partial charge in [-0.1, -0.05) is 44.9 Å². The Kier molecular flexibility index (Phi) is 7.98. The molecule has 0 radical (unpaired) electrons. The van der Waals surface area contributed by atoms with E-state index in [2.05, 4.69) is 20.9 Å². The van der Waals surface area contributed by atoms with E-state index < -0.39 is 29.0 Å². The van der Waals surface area contributed by atoms with Crippen molar-refractivity contribution in [3.8, 4) is 0 Å². The van der Waals surface area contributed by atoms with Gasteiger partial charge in [0.05, 0.1) is 17.2 Å². The number of nitrogens with one attached hydrogen (secondary N) is 2. The molecule has 41 heavy (non-hydrogen) atoms. The lowest BCUT2D eigenvalue weighted by molar-refractivity contribution is -0.144. The number of rotatable bonds is 8. The number of benzene rings is 1. The van der Waals surface area contributed by atoms with Gasteiger partial charge in [0.25, 0.3) is 0 Å². The Balaban J connectivity index is 1.29. The molecule has 3 amide bonds. The summed E-state index contributed by atoms with van der Waals surface area (Å²) in [5, 5.41) is 25.2. The Labute approximate surface area is 242 Å². The lowest BCUT2D eigenvalue weighted by atomic mass is 9.84.